The Morgan fingerprint density at radius 3 is 2.38 bits per heavy atom. The van der Waals surface area contributed by atoms with Crippen molar-refractivity contribution in [2.75, 3.05) is 0 Å². The van der Waals surface area contributed by atoms with Crippen LogP contribution in [0.4, 0.5) is 0 Å². The van der Waals surface area contributed by atoms with Gasteiger partial charge in [0.1, 0.15) is 0 Å². The fraction of sp³-hybridized carbons (Fsp3) is 0.0455. The van der Waals surface area contributed by atoms with Crippen LogP contribution in [0, 0.1) is 6.92 Å². The zero-order valence-corrected chi connectivity index (χ0v) is 14.0. The molecule has 5 aromatic rings. The van der Waals surface area contributed by atoms with Crippen molar-refractivity contribution < 1.29 is 9.52 Å². The Hall–Kier alpha value is -3.53. The highest BCUT2D eigenvalue weighted by Crippen LogP contribution is 2.35. The molecular weight excluding hydrogens is 326 g/mol. The van der Waals surface area contributed by atoms with Gasteiger partial charge in [0, 0.05) is 21.9 Å². The van der Waals surface area contributed by atoms with Crippen LogP contribution >= 0.6 is 0 Å². The zero-order valence-electron chi connectivity index (χ0n) is 14.0. The van der Waals surface area contributed by atoms with Gasteiger partial charge in [0.05, 0.1) is 10.9 Å². The van der Waals surface area contributed by atoms with Crippen molar-refractivity contribution in [3.63, 3.8) is 0 Å². The van der Waals surface area contributed by atoms with Crippen LogP contribution in [0.25, 0.3) is 44.1 Å². The van der Waals surface area contributed by atoms with Crippen molar-refractivity contribution in [1.82, 2.24) is 4.98 Å². The summed E-state index contributed by atoms with van der Waals surface area (Å²) < 4.78 is 6.06. The topological polar surface area (TPSA) is 66.2 Å². The SMILES string of the molecule is Cc1cccc2c1[nH]c1c2ccc2c(=O)c(O)c(-c3ccccc3)oc21. The molecule has 0 spiro atoms. The minimum atomic E-state index is -0.428. The highest BCUT2D eigenvalue weighted by atomic mass is 16.4. The number of benzene rings is 3. The minimum Gasteiger partial charge on any atom is -0.502 e. The lowest BCUT2D eigenvalue weighted by molar-refractivity contribution is 0.449. The van der Waals surface area contributed by atoms with E-state index < -0.39 is 5.43 Å². The van der Waals surface area contributed by atoms with Gasteiger partial charge >= 0.3 is 0 Å². The molecule has 4 heteroatoms. The van der Waals surface area contributed by atoms with Crippen molar-refractivity contribution in [3.8, 4) is 17.1 Å². The number of rotatable bonds is 1. The average molecular weight is 341 g/mol. The maximum absolute atomic E-state index is 12.7. The molecule has 3 aromatic carbocycles. The molecule has 0 aliphatic heterocycles. The molecule has 2 N–H and O–H groups in total. The highest BCUT2D eigenvalue weighted by molar-refractivity contribution is 6.16. The second-order valence-corrected chi connectivity index (χ2v) is 6.46. The van der Waals surface area contributed by atoms with E-state index in [-0.39, 0.29) is 11.5 Å². The number of hydrogen-bond donors (Lipinski definition) is 2. The first-order valence-corrected chi connectivity index (χ1v) is 8.40. The van der Waals surface area contributed by atoms with Gasteiger partial charge in [-0.2, -0.15) is 0 Å². The highest BCUT2D eigenvalue weighted by Gasteiger charge is 2.18. The number of aryl methyl sites for hydroxylation is 1. The van der Waals surface area contributed by atoms with Gasteiger partial charge in [-0.05, 0) is 18.6 Å². The lowest BCUT2D eigenvalue weighted by atomic mass is 10.1. The largest absolute Gasteiger partial charge is 0.502 e. The third kappa shape index (κ3) is 1.93. The van der Waals surface area contributed by atoms with E-state index in [1.807, 2.05) is 49.4 Å². The Bertz CT molecular complexity index is 1360. The van der Waals surface area contributed by atoms with Crippen molar-refractivity contribution in [1.29, 1.82) is 0 Å². The Labute approximate surface area is 148 Å². The smallest absolute Gasteiger partial charge is 0.235 e. The summed E-state index contributed by atoms with van der Waals surface area (Å²) in [6, 6.07) is 18.9. The van der Waals surface area contributed by atoms with Crippen LogP contribution in [0.3, 0.4) is 0 Å². The molecule has 0 saturated carbocycles. The fourth-order valence-corrected chi connectivity index (χ4v) is 3.57. The van der Waals surface area contributed by atoms with Crippen LogP contribution in [0.1, 0.15) is 5.56 Å². The number of nitrogens with one attached hydrogen (secondary N) is 1. The molecular formula is C22H15NO3. The van der Waals surface area contributed by atoms with Gasteiger partial charge in [0.15, 0.2) is 11.3 Å². The molecule has 2 aromatic heterocycles. The van der Waals surface area contributed by atoms with E-state index in [1.165, 1.54) is 0 Å². The molecule has 0 fully saturated rings. The monoisotopic (exact) mass is 341 g/mol. The number of fused-ring (bicyclic) bond motifs is 5. The minimum absolute atomic E-state index is 0.186. The van der Waals surface area contributed by atoms with Crippen LogP contribution in [0.15, 0.2) is 69.9 Å². The van der Waals surface area contributed by atoms with Gasteiger partial charge in [-0.3, -0.25) is 4.79 Å². The molecule has 26 heavy (non-hydrogen) atoms. The molecule has 0 radical (unpaired) electrons. The summed E-state index contributed by atoms with van der Waals surface area (Å²) in [6.45, 7) is 2.04. The molecule has 5 rings (SSSR count). The first-order chi connectivity index (χ1) is 12.6. The van der Waals surface area contributed by atoms with Crippen molar-refractivity contribution in [2.24, 2.45) is 0 Å². The maximum atomic E-state index is 12.7. The Morgan fingerprint density at radius 2 is 1.58 bits per heavy atom. The summed E-state index contributed by atoms with van der Waals surface area (Å²) in [4.78, 5) is 16.1. The van der Waals surface area contributed by atoms with E-state index in [0.29, 0.717) is 16.5 Å². The van der Waals surface area contributed by atoms with Gasteiger partial charge in [-0.15, -0.1) is 0 Å². The quantitative estimate of drug-likeness (QED) is 0.445. The second kappa shape index (κ2) is 5.23. The summed E-state index contributed by atoms with van der Waals surface area (Å²) >= 11 is 0. The van der Waals surface area contributed by atoms with Crippen LogP contribution in [-0.4, -0.2) is 10.1 Å². The standard InChI is InChI=1S/C22H15NO3/c1-12-6-5-9-14-15-10-11-16-19(24)20(25)21(13-7-3-2-4-8-13)26-22(16)18(15)23-17(12)14/h2-11,23,25H,1H3. The lowest BCUT2D eigenvalue weighted by Crippen LogP contribution is -2.02. The van der Waals surface area contributed by atoms with Gasteiger partial charge in [0.25, 0.3) is 0 Å². The maximum Gasteiger partial charge on any atom is 0.235 e. The van der Waals surface area contributed by atoms with Crippen molar-refractivity contribution >= 4 is 32.8 Å². The fourth-order valence-electron chi connectivity index (χ4n) is 3.57. The summed E-state index contributed by atoms with van der Waals surface area (Å²) in [6.07, 6.45) is 0. The number of H-pyrrole nitrogens is 1. The molecule has 0 aliphatic carbocycles. The van der Waals surface area contributed by atoms with Crippen LogP contribution in [0.5, 0.6) is 5.75 Å². The Morgan fingerprint density at radius 1 is 0.846 bits per heavy atom. The van der Waals surface area contributed by atoms with Gasteiger partial charge in [-0.1, -0.05) is 54.6 Å². The first-order valence-electron chi connectivity index (χ1n) is 8.40. The lowest BCUT2D eigenvalue weighted by Gasteiger charge is -2.06. The molecule has 0 saturated heterocycles. The van der Waals surface area contributed by atoms with E-state index in [9.17, 15) is 9.90 Å². The van der Waals surface area contributed by atoms with Crippen molar-refractivity contribution in [2.45, 2.75) is 6.92 Å². The van der Waals surface area contributed by atoms with Gasteiger partial charge in [0.2, 0.25) is 11.2 Å². The summed E-state index contributed by atoms with van der Waals surface area (Å²) in [5.41, 5.74) is 3.60. The first kappa shape index (κ1) is 14.8. The Balaban J connectivity index is 1.98. The molecule has 0 unspecified atom stereocenters. The molecule has 2 heterocycles. The molecule has 0 amide bonds. The predicted molar refractivity (Wildman–Crippen MR) is 104 cm³/mol. The number of para-hydroxylation sites is 1. The number of aromatic nitrogens is 1. The summed E-state index contributed by atoms with van der Waals surface area (Å²) in [5.74, 6) is -0.179. The van der Waals surface area contributed by atoms with Gasteiger partial charge < -0.3 is 14.5 Å². The van der Waals surface area contributed by atoms with E-state index in [0.717, 1.165) is 27.4 Å². The molecule has 4 nitrogen and oxygen atoms in total. The normalized spacial score (nSPS) is 11.6. The molecule has 0 atom stereocenters. The number of aromatic amines is 1. The third-order valence-electron chi connectivity index (χ3n) is 4.89. The molecule has 126 valence electrons. The number of aromatic hydroxyl groups is 1. The van der Waals surface area contributed by atoms with E-state index in [2.05, 4.69) is 4.98 Å². The second-order valence-electron chi connectivity index (χ2n) is 6.46. The van der Waals surface area contributed by atoms with E-state index in [4.69, 9.17) is 4.42 Å². The van der Waals surface area contributed by atoms with E-state index in [1.54, 1.807) is 18.2 Å². The van der Waals surface area contributed by atoms with Crippen LogP contribution in [0.2, 0.25) is 0 Å². The van der Waals surface area contributed by atoms with Crippen molar-refractivity contribution in [3.05, 3.63) is 76.5 Å². The third-order valence-corrected chi connectivity index (χ3v) is 4.89. The summed E-state index contributed by atoms with van der Waals surface area (Å²) in [7, 11) is 0. The molecule has 0 aliphatic rings. The zero-order chi connectivity index (χ0) is 17.8. The number of hydrogen-bond acceptors (Lipinski definition) is 3. The van der Waals surface area contributed by atoms with Gasteiger partial charge in [-0.25, -0.2) is 0 Å². The predicted octanol–water partition coefficient (Wildman–Crippen LogP) is 5.11. The average Bonchev–Trinajstić information content (AvgIpc) is 3.06. The summed E-state index contributed by atoms with van der Waals surface area (Å²) in [5, 5.41) is 12.8. The van der Waals surface area contributed by atoms with Crippen LogP contribution in [-0.2, 0) is 0 Å². The van der Waals surface area contributed by atoms with Crippen LogP contribution < -0.4 is 5.43 Å². The molecule has 0 bridgehead atoms. The van der Waals surface area contributed by atoms with E-state index >= 15 is 0 Å². The Kier molecular flexibility index (Phi) is 2.97.